The number of carbonyl (C=O) groups is 1. The van der Waals surface area contributed by atoms with Crippen molar-refractivity contribution in [2.45, 2.75) is 13.0 Å². The predicted molar refractivity (Wildman–Crippen MR) is 89.0 cm³/mol. The summed E-state index contributed by atoms with van der Waals surface area (Å²) in [4.78, 5) is 15.4. The first kappa shape index (κ1) is 13.6. The molecule has 0 spiro atoms. The number of carbonyl (C=O) groups excluding carboxylic acids is 1. The Labute approximate surface area is 132 Å². The van der Waals surface area contributed by atoms with Crippen LogP contribution in [-0.2, 0) is 17.8 Å². The number of H-pyrrole nitrogens is 1. The van der Waals surface area contributed by atoms with E-state index in [4.69, 9.17) is 0 Å². The molecule has 114 valence electrons. The van der Waals surface area contributed by atoms with Crippen LogP contribution >= 0.6 is 0 Å². The second-order valence-electron chi connectivity index (χ2n) is 5.52. The Morgan fingerprint density at radius 3 is 2.96 bits per heavy atom. The highest BCUT2D eigenvalue weighted by atomic mass is 16.1. The number of aromatic amines is 1. The zero-order chi connectivity index (χ0) is 15.6. The summed E-state index contributed by atoms with van der Waals surface area (Å²) in [5, 5.41) is 8.45. The third kappa shape index (κ3) is 2.68. The SMILES string of the molecule is O=C(Cc1c[nH]c2ccccc12)NCc1cc2ccccn2n1. The maximum atomic E-state index is 12.2. The van der Waals surface area contributed by atoms with Gasteiger partial charge in [-0.05, 0) is 29.8 Å². The van der Waals surface area contributed by atoms with Crippen LogP contribution in [0.15, 0.2) is 60.9 Å². The highest BCUT2D eigenvalue weighted by Gasteiger charge is 2.09. The van der Waals surface area contributed by atoms with Gasteiger partial charge in [0.1, 0.15) is 0 Å². The topological polar surface area (TPSA) is 62.2 Å². The molecule has 5 nitrogen and oxygen atoms in total. The first-order valence-corrected chi connectivity index (χ1v) is 7.54. The summed E-state index contributed by atoms with van der Waals surface area (Å²) in [6.45, 7) is 0.433. The molecule has 4 aromatic rings. The number of nitrogens with one attached hydrogen (secondary N) is 2. The smallest absolute Gasteiger partial charge is 0.224 e. The number of amides is 1. The van der Waals surface area contributed by atoms with Crippen LogP contribution in [0.3, 0.4) is 0 Å². The van der Waals surface area contributed by atoms with Gasteiger partial charge in [-0.15, -0.1) is 0 Å². The molecule has 0 atom stereocenters. The van der Waals surface area contributed by atoms with Gasteiger partial charge in [-0.25, -0.2) is 4.52 Å². The van der Waals surface area contributed by atoms with Crippen molar-refractivity contribution in [3.05, 3.63) is 72.2 Å². The number of para-hydroxylation sites is 1. The summed E-state index contributed by atoms with van der Waals surface area (Å²) in [6.07, 6.45) is 4.15. The molecule has 0 aliphatic heterocycles. The summed E-state index contributed by atoms with van der Waals surface area (Å²) in [5.74, 6) is -0.00758. The van der Waals surface area contributed by atoms with Crippen LogP contribution in [0.5, 0.6) is 0 Å². The van der Waals surface area contributed by atoms with Gasteiger partial charge in [0.15, 0.2) is 0 Å². The van der Waals surface area contributed by atoms with Crippen molar-refractivity contribution < 1.29 is 4.79 Å². The van der Waals surface area contributed by atoms with Gasteiger partial charge in [-0.3, -0.25) is 4.79 Å². The Morgan fingerprint density at radius 2 is 2.04 bits per heavy atom. The van der Waals surface area contributed by atoms with Crippen LogP contribution in [0, 0.1) is 0 Å². The molecule has 0 aliphatic carbocycles. The van der Waals surface area contributed by atoms with Crippen LogP contribution in [-0.4, -0.2) is 20.5 Å². The molecule has 3 aromatic heterocycles. The second-order valence-corrected chi connectivity index (χ2v) is 5.52. The minimum absolute atomic E-state index is 0.00758. The van der Waals surface area contributed by atoms with E-state index in [9.17, 15) is 4.79 Å². The van der Waals surface area contributed by atoms with E-state index in [-0.39, 0.29) is 5.91 Å². The molecule has 0 aliphatic rings. The standard InChI is InChI=1S/C18H16N4O/c23-18(9-13-11-19-17-7-2-1-6-16(13)17)20-12-14-10-15-5-3-4-8-22(15)21-14/h1-8,10-11,19H,9,12H2,(H,20,23). The van der Waals surface area contributed by atoms with E-state index in [1.165, 1.54) is 0 Å². The zero-order valence-electron chi connectivity index (χ0n) is 12.5. The van der Waals surface area contributed by atoms with Gasteiger partial charge in [-0.1, -0.05) is 24.3 Å². The molecule has 0 saturated heterocycles. The van der Waals surface area contributed by atoms with Crippen LogP contribution < -0.4 is 5.32 Å². The highest BCUT2D eigenvalue weighted by Crippen LogP contribution is 2.18. The largest absolute Gasteiger partial charge is 0.361 e. The van der Waals surface area contributed by atoms with Gasteiger partial charge >= 0.3 is 0 Å². The monoisotopic (exact) mass is 304 g/mol. The normalized spacial score (nSPS) is 11.1. The first-order valence-electron chi connectivity index (χ1n) is 7.54. The Bertz CT molecular complexity index is 950. The molecule has 0 unspecified atom stereocenters. The lowest BCUT2D eigenvalue weighted by molar-refractivity contribution is -0.120. The quantitative estimate of drug-likeness (QED) is 0.609. The van der Waals surface area contributed by atoms with Crippen molar-refractivity contribution in [2.75, 3.05) is 0 Å². The first-order chi connectivity index (χ1) is 11.3. The van der Waals surface area contributed by atoms with E-state index in [0.717, 1.165) is 27.7 Å². The van der Waals surface area contributed by atoms with Crippen LogP contribution in [0.1, 0.15) is 11.3 Å². The van der Waals surface area contributed by atoms with Crippen molar-refractivity contribution in [2.24, 2.45) is 0 Å². The number of hydrogen-bond acceptors (Lipinski definition) is 2. The van der Waals surface area contributed by atoms with Crippen LogP contribution in [0.2, 0.25) is 0 Å². The average Bonchev–Trinajstić information content (AvgIpc) is 3.17. The van der Waals surface area contributed by atoms with E-state index in [0.29, 0.717) is 13.0 Å². The molecule has 2 N–H and O–H groups in total. The van der Waals surface area contributed by atoms with Gasteiger partial charge in [0, 0.05) is 23.3 Å². The summed E-state index contributed by atoms with van der Waals surface area (Å²) < 4.78 is 1.81. The lowest BCUT2D eigenvalue weighted by Crippen LogP contribution is -2.24. The molecule has 0 radical (unpaired) electrons. The van der Waals surface area contributed by atoms with E-state index in [2.05, 4.69) is 15.4 Å². The summed E-state index contributed by atoms with van der Waals surface area (Å²) in [7, 11) is 0. The number of fused-ring (bicyclic) bond motifs is 2. The molecule has 4 rings (SSSR count). The van der Waals surface area contributed by atoms with Crippen molar-refractivity contribution in [1.29, 1.82) is 0 Å². The molecular weight excluding hydrogens is 288 g/mol. The van der Waals surface area contributed by atoms with Gasteiger partial charge in [0.05, 0.1) is 24.2 Å². The van der Waals surface area contributed by atoms with E-state index in [1.54, 1.807) is 4.52 Å². The Morgan fingerprint density at radius 1 is 1.17 bits per heavy atom. The average molecular weight is 304 g/mol. The van der Waals surface area contributed by atoms with Crippen LogP contribution in [0.25, 0.3) is 16.4 Å². The molecule has 1 amide bonds. The highest BCUT2D eigenvalue weighted by molar-refractivity contribution is 5.88. The van der Waals surface area contributed by atoms with Gasteiger partial charge in [0.25, 0.3) is 0 Å². The molecule has 5 heteroatoms. The number of aromatic nitrogens is 3. The zero-order valence-corrected chi connectivity index (χ0v) is 12.5. The molecular formula is C18H16N4O. The van der Waals surface area contributed by atoms with Crippen molar-refractivity contribution in [3.8, 4) is 0 Å². The van der Waals surface area contributed by atoms with Gasteiger partial charge in [0.2, 0.25) is 5.91 Å². The fraction of sp³-hybridized carbons (Fsp3) is 0.111. The van der Waals surface area contributed by atoms with E-state index < -0.39 is 0 Å². The number of pyridine rings is 1. The minimum atomic E-state index is -0.00758. The maximum Gasteiger partial charge on any atom is 0.224 e. The molecule has 3 heterocycles. The van der Waals surface area contributed by atoms with Gasteiger partial charge < -0.3 is 10.3 Å². The number of hydrogen-bond donors (Lipinski definition) is 2. The second kappa shape index (κ2) is 5.61. The maximum absolute atomic E-state index is 12.2. The Kier molecular flexibility index (Phi) is 3.31. The van der Waals surface area contributed by atoms with Crippen LogP contribution in [0.4, 0.5) is 0 Å². The van der Waals surface area contributed by atoms with E-state index >= 15 is 0 Å². The number of nitrogens with zero attached hydrogens (tertiary/aromatic N) is 2. The lowest BCUT2D eigenvalue weighted by Gasteiger charge is -2.02. The van der Waals surface area contributed by atoms with Crippen molar-refractivity contribution >= 4 is 22.3 Å². The van der Waals surface area contributed by atoms with Gasteiger partial charge in [-0.2, -0.15) is 5.10 Å². The van der Waals surface area contributed by atoms with Crippen molar-refractivity contribution in [1.82, 2.24) is 19.9 Å². The third-order valence-electron chi connectivity index (χ3n) is 3.91. The third-order valence-corrected chi connectivity index (χ3v) is 3.91. The molecule has 0 saturated carbocycles. The molecule has 1 aromatic carbocycles. The molecule has 0 bridgehead atoms. The Balaban J connectivity index is 1.43. The van der Waals surface area contributed by atoms with E-state index in [1.807, 2.05) is 60.9 Å². The molecule has 23 heavy (non-hydrogen) atoms. The summed E-state index contributed by atoms with van der Waals surface area (Å²) >= 11 is 0. The Hall–Kier alpha value is -3.08. The molecule has 0 fully saturated rings. The summed E-state index contributed by atoms with van der Waals surface area (Å²) in [6, 6.07) is 15.9. The van der Waals surface area contributed by atoms with Crippen molar-refractivity contribution in [3.63, 3.8) is 0 Å². The fourth-order valence-electron chi connectivity index (χ4n) is 2.78. The summed E-state index contributed by atoms with van der Waals surface area (Å²) in [5.41, 5.74) is 3.93. The lowest BCUT2D eigenvalue weighted by atomic mass is 10.1. The number of benzene rings is 1. The predicted octanol–water partition coefficient (Wildman–Crippen LogP) is 2.67. The fourth-order valence-corrected chi connectivity index (χ4v) is 2.78. The minimum Gasteiger partial charge on any atom is -0.361 e. The number of rotatable bonds is 4.